The highest BCUT2D eigenvalue weighted by Crippen LogP contribution is 2.48. The first-order valence-corrected chi connectivity index (χ1v) is 25.4. The van der Waals surface area contributed by atoms with Gasteiger partial charge in [0.1, 0.15) is 34.5 Å². The van der Waals surface area contributed by atoms with Crippen LogP contribution in [0, 0.1) is 17.2 Å². The monoisotopic (exact) mass is 977 g/mol. The lowest BCUT2D eigenvalue weighted by molar-refractivity contribution is -0.137. The number of carbonyl (C=O) groups excluding carboxylic acids is 5. The van der Waals surface area contributed by atoms with Gasteiger partial charge in [-0.2, -0.15) is 0 Å². The van der Waals surface area contributed by atoms with Crippen LogP contribution < -0.4 is 35.2 Å². The van der Waals surface area contributed by atoms with Gasteiger partial charge >= 0.3 is 0 Å². The van der Waals surface area contributed by atoms with Crippen LogP contribution in [0.3, 0.4) is 0 Å². The predicted molar refractivity (Wildman–Crippen MR) is 271 cm³/mol. The molecule has 0 bridgehead atoms. The number of amides is 5. The standard InChI is InChI=1S/C55H60FN9O7/c1-71-49-31-44-45(57-21-14-48(44)72-42-9-6-39(7-10-42)59-54(70)55(19-20-55)53(69)58-38-4-2-37(56)3-5-38)32-47(49)64-24-15-35(16-25-64)33-61-22-17-40(18-23-61)62-26-28-63(29-27-62)41-8-11-43-36(30-41)34-65(52(43)68)46-12-13-50(66)60-51(46)67/h2-11,14,21,30-32,35,40,46H,12-13,15-20,22-29,33-34H2,1H3,(H,58,69)(H,59,70)(H,60,66,67). The largest absolute Gasteiger partial charge is 0.495 e. The Bertz CT molecular complexity index is 2890. The number of pyridine rings is 1. The zero-order valence-electron chi connectivity index (χ0n) is 40.5. The molecule has 16 nitrogen and oxygen atoms in total. The van der Waals surface area contributed by atoms with E-state index >= 15 is 0 Å². The Balaban J connectivity index is 0.631. The molecule has 5 fully saturated rings. The second kappa shape index (κ2) is 19.8. The molecule has 72 heavy (non-hydrogen) atoms. The molecule has 4 aromatic carbocycles. The van der Waals surface area contributed by atoms with Crippen molar-refractivity contribution in [1.29, 1.82) is 0 Å². The van der Waals surface area contributed by atoms with Gasteiger partial charge in [-0.05, 0) is 154 Å². The summed E-state index contributed by atoms with van der Waals surface area (Å²) >= 11 is 0. The number of benzene rings is 4. The van der Waals surface area contributed by atoms with Crippen molar-refractivity contribution in [2.24, 2.45) is 11.3 Å². The van der Waals surface area contributed by atoms with Crippen LogP contribution in [0.2, 0.25) is 0 Å². The van der Waals surface area contributed by atoms with Gasteiger partial charge in [0.2, 0.25) is 23.6 Å². The minimum absolute atomic E-state index is 0.135. The summed E-state index contributed by atoms with van der Waals surface area (Å²) in [4.78, 5) is 80.2. The van der Waals surface area contributed by atoms with E-state index in [0.29, 0.717) is 66.2 Å². The number of rotatable bonds is 13. The zero-order chi connectivity index (χ0) is 49.5. The molecule has 4 saturated heterocycles. The van der Waals surface area contributed by atoms with Gasteiger partial charge in [0.15, 0.2) is 0 Å². The number of nitrogens with zero attached hydrogens (tertiary/aromatic N) is 6. The fourth-order valence-corrected chi connectivity index (χ4v) is 11.4. The molecule has 6 heterocycles. The van der Waals surface area contributed by atoms with Gasteiger partial charge in [-0.15, -0.1) is 0 Å². The summed E-state index contributed by atoms with van der Waals surface area (Å²) in [5, 5.41) is 8.82. The Morgan fingerprint density at radius 1 is 0.764 bits per heavy atom. The molecule has 17 heteroatoms. The number of halogens is 1. The maximum atomic E-state index is 13.3. The van der Waals surface area contributed by atoms with Gasteiger partial charge in [0.05, 0.1) is 18.3 Å². The first kappa shape index (κ1) is 47.2. The average Bonchev–Trinajstić information content (AvgIpc) is 4.16. The normalized spacial score (nSPS) is 20.8. The molecule has 3 N–H and O–H groups in total. The Hall–Kier alpha value is -7.11. The van der Waals surface area contributed by atoms with Gasteiger partial charge in [0.25, 0.3) is 5.91 Å². The van der Waals surface area contributed by atoms with E-state index in [2.05, 4.69) is 47.7 Å². The maximum absolute atomic E-state index is 13.3. The van der Waals surface area contributed by atoms with Crippen molar-refractivity contribution < 1.29 is 37.8 Å². The molecule has 6 aliphatic rings. The van der Waals surface area contributed by atoms with Crippen molar-refractivity contribution in [2.45, 2.75) is 70.0 Å². The number of methoxy groups -OCH3 is 1. The van der Waals surface area contributed by atoms with Crippen LogP contribution >= 0.6 is 0 Å². The molecular weight excluding hydrogens is 918 g/mol. The van der Waals surface area contributed by atoms with Crippen molar-refractivity contribution >= 4 is 63.2 Å². The molecule has 0 radical (unpaired) electrons. The summed E-state index contributed by atoms with van der Waals surface area (Å²) in [6.07, 6.45) is 7.78. The molecule has 1 aliphatic carbocycles. The third-order valence-electron chi connectivity index (χ3n) is 15.8. The summed E-state index contributed by atoms with van der Waals surface area (Å²) in [5.41, 5.74) is 4.34. The van der Waals surface area contributed by atoms with E-state index in [-0.39, 0.29) is 30.0 Å². The molecule has 1 atom stereocenters. The van der Waals surface area contributed by atoms with Crippen LogP contribution in [-0.4, -0.2) is 127 Å². The molecule has 374 valence electrons. The van der Waals surface area contributed by atoms with E-state index in [4.69, 9.17) is 14.5 Å². The SMILES string of the molecule is COc1cc2c(Oc3ccc(NC(=O)C4(C(=O)Nc5ccc(F)cc5)CC4)cc3)ccnc2cc1N1CCC(CN2CCC(N3CCN(c4ccc5c(c4)CN(C4CCC(=O)NC4=O)C5=O)CC3)CC2)CC1. The average molecular weight is 978 g/mol. The quantitative estimate of drug-likeness (QED) is 0.0836. The number of likely N-dealkylation sites (tertiary alicyclic amines) is 1. The summed E-state index contributed by atoms with van der Waals surface area (Å²) in [7, 11) is 1.70. The molecule has 5 aromatic rings. The number of hydrogen-bond donors (Lipinski definition) is 3. The van der Waals surface area contributed by atoms with Crippen molar-refractivity contribution in [2.75, 3.05) is 86.4 Å². The number of hydrogen-bond acceptors (Lipinski definition) is 12. The predicted octanol–water partition coefficient (Wildman–Crippen LogP) is 6.80. The van der Waals surface area contributed by atoms with Gasteiger partial charge < -0.3 is 39.7 Å². The lowest BCUT2D eigenvalue weighted by atomic mass is 9.94. The van der Waals surface area contributed by atoms with Crippen molar-refractivity contribution in [3.8, 4) is 17.2 Å². The third-order valence-corrected chi connectivity index (χ3v) is 15.8. The number of ether oxygens (including phenoxy) is 2. The van der Waals surface area contributed by atoms with Crippen LogP contribution in [0.15, 0.2) is 91.1 Å². The first-order valence-electron chi connectivity index (χ1n) is 25.4. The molecule has 1 unspecified atom stereocenters. The van der Waals surface area contributed by atoms with E-state index in [1.54, 1.807) is 42.5 Å². The summed E-state index contributed by atoms with van der Waals surface area (Å²) in [5.74, 6) is 0.589. The van der Waals surface area contributed by atoms with Crippen LogP contribution in [-0.2, 0) is 25.7 Å². The molecule has 5 aliphatic heterocycles. The van der Waals surface area contributed by atoms with E-state index in [1.165, 1.54) is 37.1 Å². The maximum Gasteiger partial charge on any atom is 0.255 e. The summed E-state index contributed by atoms with van der Waals surface area (Å²) in [6, 6.07) is 24.4. The smallest absolute Gasteiger partial charge is 0.255 e. The number of fused-ring (bicyclic) bond motifs is 2. The number of nitrogens with one attached hydrogen (secondary N) is 3. The Labute approximate surface area is 417 Å². The molecular formula is C55H60FN9O7. The van der Waals surface area contributed by atoms with Gasteiger partial charge in [-0.3, -0.25) is 39.2 Å². The highest BCUT2D eigenvalue weighted by Gasteiger charge is 2.56. The van der Waals surface area contributed by atoms with Crippen molar-refractivity contribution in [3.05, 3.63) is 108 Å². The zero-order valence-corrected chi connectivity index (χ0v) is 40.5. The van der Waals surface area contributed by atoms with Gasteiger partial charge in [0, 0.05) is 99.0 Å². The van der Waals surface area contributed by atoms with E-state index < -0.39 is 23.2 Å². The second-order valence-electron chi connectivity index (χ2n) is 20.2. The van der Waals surface area contributed by atoms with Crippen LogP contribution in [0.5, 0.6) is 17.2 Å². The highest BCUT2D eigenvalue weighted by atomic mass is 19.1. The Morgan fingerprint density at radius 2 is 1.46 bits per heavy atom. The molecule has 1 aromatic heterocycles. The lowest BCUT2D eigenvalue weighted by Gasteiger charge is -2.44. The van der Waals surface area contributed by atoms with Gasteiger partial charge in [-0.25, -0.2) is 4.39 Å². The first-order chi connectivity index (χ1) is 35.0. The van der Waals surface area contributed by atoms with Gasteiger partial charge in [-0.1, -0.05) is 0 Å². The van der Waals surface area contributed by atoms with E-state index in [1.807, 2.05) is 24.3 Å². The van der Waals surface area contributed by atoms with Crippen LogP contribution in [0.25, 0.3) is 10.9 Å². The molecule has 11 rings (SSSR count). The van der Waals surface area contributed by atoms with Crippen molar-refractivity contribution in [1.82, 2.24) is 25.0 Å². The van der Waals surface area contributed by atoms with E-state index in [0.717, 1.165) is 105 Å². The minimum atomic E-state index is -1.17. The Kier molecular flexibility index (Phi) is 13.0. The molecule has 1 saturated carbocycles. The fourth-order valence-electron chi connectivity index (χ4n) is 11.4. The fraction of sp³-hybridized carbons (Fsp3) is 0.418. The third kappa shape index (κ3) is 9.66. The molecule has 5 amide bonds. The Morgan fingerprint density at radius 3 is 2.12 bits per heavy atom. The summed E-state index contributed by atoms with van der Waals surface area (Å²) in [6.45, 7) is 9.50. The second-order valence-corrected chi connectivity index (χ2v) is 20.2. The number of anilines is 4. The molecule has 0 spiro atoms. The number of piperidine rings is 3. The number of carbonyl (C=O) groups is 5. The number of imide groups is 1. The lowest BCUT2D eigenvalue weighted by Crippen LogP contribution is -2.53. The minimum Gasteiger partial charge on any atom is -0.495 e. The summed E-state index contributed by atoms with van der Waals surface area (Å²) < 4.78 is 25.7. The topological polar surface area (TPSA) is 169 Å². The van der Waals surface area contributed by atoms with Crippen LogP contribution in [0.1, 0.15) is 67.3 Å². The highest BCUT2D eigenvalue weighted by molar-refractivity contribution is 6.17. The van der Waals surface area contributed by atoms with Crippen LogP contribution in [0.4, 0.5) is 27.1 Å². The number of piperazine rings is 1. The van der Waals surface area contributed by atoms with Crippen molar-refractivity contribution in [3.63, 3.8) is 0 Å². The number of aromatic nitrogens is 1. The van der Waals surface area contributed by atoms with E-state index in [9.17, 15) is 28.4 Å².